The number of rotatable bonds is 4. The van der Waals surface area contributed by atoms with Crippen LogP contribution in [0, 0.1) is 6.92 Å². The Bertz CT molecular complexity index is 743. The molecule has 4 nitrogen and oxygen atoms in total. The number of hydrogen-bond donors (Lipinski definition) is 1. The number of amides is 2. The van der Waals surface area contributed by atoms with Gasteiger partial charge in [0.25, 0.3) is 0 Å². The molecule has 0 radical (unpaired) electrons. The van der Waals surface area contributed by atoms with Gasteiger partial charge in [0.1, 0.15) is 0 Å². The van der Waals surface area contributed by atoms with Crippen LogP contribution in [0.4, 0.5) is 0 Å². The number of carbonyl (C=O) groups is 2. The molecule has 1 heterocycles. The maximum Gasteiger partial charge on any atom is 0.223 e. The van der Waals surface area contributed by atoms with Gasteiger partial charge in [-0.15, -0.1) is 0 Å². The van der Waals surface area contributed by atoms with E-state index in [2.05, 4.69) is 36.5 Å². The molecule has 3 rings (SSSR count). The Hall–Kier alpha value is -2.62. The Kier molecular flexibility index (Phi) is 5.49. The van der Waals surface area contributed by atoms with Crippen molar-refractivity contribution in [3.63, 3.8) is 0 Å². The standard InChI is InChI=1S/C21H24N2O2/c1-16-7-5-6-10-18(16)19(17-8-3-2-4-9-17)15-21(25)23-13-11-20(24)22-12-14-23/h2-10,19H,11-15H2,1H3,(H,22,24)/t19-/m0/s1. The molecule has 0 unspecified atom stereocenters. The zero-order valence-corrected chi connectivity index (χ0v) is 14.6. The molecule has 1 saturated heterocycles. The number of hydrogen-bond acceptors (Lipinski definition) is 2. The van der Waals surface area contributed by atoms with E-state index in [9.17, 15) is 9.59 Å². The van der Waals surface area contributed by atoms with E-state index in [-0.39, 0.29) is 17.7 Å². The highest BCUT2D eigenvalue weighted by Gasteiger charge is 2.24. The number of aryl methyl sites for hydroxylation is 1. The number of nitrogens with one attached hydrogen (secondary N) is 1. The van der Waals surface area contributed by atoms with Gasteiger partial charge in [-0.25, -0.2) is 0 Å². The molecule has 0 spiro atoms. The molecule has 0 saturated carbocycles. The SMILES string of the molecule is Cc1ccccc1[C@@H](CC(=O)N1CCNC(=O)CC1)c1ccccc1. The second kappa shape index (κ2) is 7.97. The summed E-state index contributed by atoms with van der Waals surface area (Å²) >= 11 is 0. The minimum absolute atomic E-state index is 0.0220. The molecule has 1 aliphatic heterocycles. The van der Waals surface area contributed by atoms with E-state index in [0.29, 0.717) is 32.5 Å². The van der Waals surface area contributed by atoms with Crippen molar-refractivity contribution in [2.45, 2.75) is 25.7 Å². The summed E-state index contributed by atoms with van der Waals surface area (Å²) in [6.07, 6.45) is 0.801. The molecule has 0 bridgehead atoms. The first-order chi connectivity index (χ1) is 12.1. The van der Waals surface area contributed by atoms with Crippen molar-refractivity contribution in [2.24, 2.45) is 0 Å². The van der Waals surface area contributed by atoms with Crippen LogP contribution in [0.3, 0.4) is 0 Å². The molecule has 2 aromatic carbocycles. The van der Waals surface area contributed by atoms with Crippen LogP contribution in [0.25, 0.3) is 0 Å². The maximum atomic E-state index is 12.9. The molecule has 25 heavy (non-hydrogen) atoms. The van der Waals surface area contributed by atoms with Crippen molar-refractivity contribution < 1.29 is 9.59 Å². The van der Waals surface area contributed by atoms with E-state index in [1.165, 1.54) is 11.1 Å². The van der Waals surface area contributed by atoms with Crippen LogP contribution in [-0.4, -0.2) is 36.3 Å². The van der Waals surface area contributed by atoms with Gasteiger partial charge in [0, 0.05) is 38.4 Å². The van der Waals surface area contributed by atoms with Crippen molar-refractivity contribution in [3.8, 4) is 0 Å². The lowest BCUT2D eigenvalue weighted by molar-refractivity contribution is -0.131. The first-order valence-electron chi connectivity index (χ1n) is 8.80. The van der Waals surface area contributed by atoms with Gasteiger partial charge < -0.3 is 10.2 Å². The maximum absolute atomic E-state index is 12.9. The van der Waals surface area contributed by atoms with Gasteiger partial charge in [0.2, 0.25) is 11.8 Å². The second-order valence-corrected chi connectivity index (χ2v) is 6.50. The largest absolute Gasteiger partial charge is 0.354 e. The van der Waals surface area contributed by atoms with Crippen molar-refractivity contribution in [2.75, 3.05) is 19.6 Å². The van der Waals surface area contributed by atoms with Crippen LogP contribution < -0.4 is 5.32 Å². The first kappa shape index (κ1) is 17.2. The average molecular weight is 336 g/mol. The molecular weight excluding hydrogens is 312 g/mol. The summed E-state index contributed by atoms with van der Waals surface area (Å²) < 4.78 is 0. The fraction of sp³-hybridized carbons (Fsp3) is 0.333. The summed E-state index contributed by atoms with van der Waals surface area (Å²) in [5.41, 5.74) is 3.53. The topological polar surface area (TPSA) is 49.4 Å². The molecule has 2 amide bonds. The average Bonchev–Trinajstić information content (AvgIpc) is 2.86. The molecule has 130 valence electrons. The van der Waals surface area contributed by atoms with Gasteiger partial charge >= 0.3 is 0 Å². The number of nitrogens with zero attached hydrogens (tertiary/aromatic N) is 1. The van der Waals surface area contributed by atoms with Crippen LogP contribution in [-0.2, 0) is 9.59 Å². The molecule has 4 heteroatoms. The highest BCUT2D eigenvalue weighted by atomic mass is 16.2. The Labute approximate surface area is 148 Å². The van der Waals surface area contributed by atoms with Crippen LogP contribution in [0.15, 0.2) is 54.6 Å². The predicted molar refractivity (Wildman–Crippen MR) is 98.3 cm³/mol. The highest BCUT2D eigenvalue weighted by molar-refractivity contribution is 5.81. The minimum Gasteiger partial charge on any atom is -0.354 e. The molecule has 0 aliphatic carbocycles. The third kappa shape index (κ3) is 4.27. The number of benzene rings is 2. The lowest BCUT2D eigenvalue weighted by Gasteiger charge is -2.25. The predicted octanol–water partition coefficient (Wildman–Crippen LogP) is 2.87. The normalized spacial score (nSPS) is 16.0. The van der Waals surface area contributed by atoms with Crippen molar-refractivity contribution in [1.29, 1.82) is 0 Å². The van der Waals surface area contributed by atoms with Crippen molar-refractivity contribution in [3.05, 3.63) is 71.3 Å². The van der Waals surface area contributed by atoms with Crippen molar-refractivity contribution in [1.82, 2.24) is 10.2 Å². The van der Waals surface area contributed by atoms with Gasteiger partial charge in [-0.3, -0.25) is 9.59 Å². The van der Waals surface area contributed by atoms with E-state index >= 15 is 0 Å². The van der Waals surface area contributed by atoms with E-state index in [0.717, 1.165) is 5.56 Å². The molecule has 2 aromatic rings. The van der Waals surface area contributed by atoms with Gasteiger partial charge in [-0.2, -0.15) is 0 Å². The monoisotopic (exact) mass is 336 g/mol. The molecule has 1 aliphatic rings. The second-order valence-electron chi connectivity index (χ2n) is 6.50. The zero-order valence-electron chi connectivity index (χ0n) is 14.6. The summed E-state index contributed by atoms with van der Waals surface area (Å²) in [5.74, 6) is 0.157. The van der Waals surface area contributed by atoms with Crippen molar-refractivity contribution >= 4 is 11.8 Å². The third-order valence-corrected chi connectivity index (χ3v) is 4.81. The minimum atomic E-state index is 0.0220. The van der Waals surface area contributed by atoms with E-state index < -0.39 is 0 Å². The first-order valence-corrected chi connectivity index (χ1v) is 8.80. The molecule has 1 fully saturated rings. The van der Waals surface area contributed by atoms with Crippen LogP contribution in [0.2, 0.25) is 0 Å². The Balaban J connectivity index is 1.84. The molecular formula is C21H24N2O2. The summed E-state index contributed by atoms with van der Waals surface area (Å²) in [6, 6.07) is 18.4. The summed E-state index contributed by atoms with van der Waals surface area (Å²) in [7, 11) is 0. The van der Waals surface area contributed by atoms with E-state index in [1.54, 1.807) is 0 Å². The summed E-state index contributed by atoms with van der Waals surface area (Å²) in [4.78, 5) is 26.2. The number of carbonyl (C=O) groups excluding carboxylic acids is 2. The highest BCUT2D eigenvalue weighted by Crippen LogP contribution is 2.30. The summed E-state index contributed by atoms with van der Waals surface area (Å²) in [5, 5.41) is 2.82. The Morgan fingerprint density at radius 2 is 1.80 bits per heavy atom. The fourth-order valence-corrected chi connectivity index (χ4v) is 3.39. The van der Waals surface area contributed by atoms with Gasteiger partial charge in [0.15, 0.2) is 0 Å². The Morgan fingerprint density at radius 3 is 2.56 bits per heavy atom. The van der Waals surface area contributed by atoms with E-state index in [1.807, 2.05) is 35.2 Å². The van der Waals surface area contributed by atoms with E-state index in [4.69, 9.17) is 0 Å². The fourth-order valence-electron chi connectivity index (χ4n) is 3.39. The Morgan fingerprint density at radius 1 is 1.08 bits per heavy atom. The quantitative estimate of drug-likeness (QED) is 0.933. The molecule has 0 aromatic heterocycles. The molecule has 1 atom stereocenters. The van der Waals surface area contributed by atoms with Crippen LogP contribution in [0.1, 0.15) is 35.4 Å². The van der Waals surface area contributed by atoms with Gasteiger partial charge in [-0.1, -0.05) is 54.6 Å². The summed E-state index contributed by atoms with van der Waals surface area (Å²) in [6.45, 7) is 3.70. The van der Waals surface area contributed by atoms with Gasteiger partial charge in [0.05, 0.1) is 0 Å². The van der Waals surface area contributed by atoms with Crippen LogP contribution in [0.5, 0.6) is 0 Å². The molecule has 1 N–H and O–H groups in total. The lowest BCUT2D eigenvalue weighted by Crippen LogP contribution is -2.35. The van der Waals surface area contributed by atoms with Crippen LogP contribution >= 0.6 is 0 Å². The lowest BCUT2D eigenvalue weighted by atomic mass is 9.85. The zero-order chi connectivity index (χ0) is 17.6. The van der Waals surface area contributed by atoms with Gasteiger partial charge in [-0.05, 0) is 23.6 Å². The smallest absolute Gasteiger partial charge is 0.223 e. The third-order valence-electron chi connectivity index (χ3n) is 4.81.